The maximum absolute atomic E-state index is 12.8. The first-order chi connectivity index (χ1) is 13.7. The van der Waals surface area contributed by atoms with Crippen molar-refractivity contribution in [3.05, 3.63) is 59.4 Å². The number of hydrogen-bond acceptors (Lipinski definition) is 4. The number of rotatable bonds is 3. The summed E-state index contributed by atoms with van der Waals surface area (Å²) in [7, 11) is 2.12. The summed E-state index contributed by atoms with van der Waals surface area (Å²) in [4.78, 5) is 23.3. The van der Waals surface area contributed by atoms with Crippen LogP contribution in [0.4, 0.5) is 0 Å². The highest BCUT2D eigenvalue weighted by Crippen LogP contribution is 2.30. The zero-order valence-electron chi connectivity index (χ0n) is 16.4. The molecule has 1 aromatic heterocycles. The average molecular weight is 413 g/mol. The SMILES string of the molecule is CN1CC[C@@H](NC(=O)c2ccc3c(c2)CCO3)C[C@@H]1c1nc2ccccc2[nH]1.Cl. The summed E-state index contributed by atoms with van der Waals surface area (Å²) in [6.07, 6.45) is 2.65. The number of piperidine rings is 1. The summed E-state index contributed by atoms with van der Waals surface area (Å²) in [6.45, 7) is 1.62. The maximum atomic E-state index is 12.8. The van der Waals surface area contributed by atoms with Crippen LogP contribution in [0.15, 0.2) is 42.5 Å². The van der Waals surface area contributed by atoms with Gasteiger partial charge < -0.3 is 15.0 Å². The number of nitrogens with one attached hydrogen (secondary N) is 2. The van der Waals surface area contributed by atoms with E-state index >= 15 is 0 Å². The second-order valence-corrected chi connectivity index (χ2v) is 7.75. The van der Waals surface area contributed by atoms with Gasteiger partial charge in [-0.05, 0) is 55.8 Å². The van der Waals surface area contributed by atoms with E-state index in [1.165, 1.54) is 0 Å². The summed E-state index contributed by atoms with van der Waals surface area (Å²) < 4.78 is 5.54. The first-order valence-electron chi connectivity index (χ1n) is 9.89. The predicted octanol–water partition coefficient (Wildman–Crippen LogP) is 3.48. The predicted molar refractivity (Wildman–Crippen MR) is 115 cm³/mol. The van der Waals surface area contributed by atoms with Crippen LogP contribution in [0, 0.1) is 0 Å². The largest absolute Gasteiger partial charge is 0.493 e. The average Bonchev–Trinajstić information content (AvgIpc) is 3.35. The molecule has 0 bridgehead atoms. The number of halogens is 1. The number of H-pyrrole nitrogens is 1. The number of para-hydroxylation sites is 2. The molecule has 1 amide bonds. The molecule has 6 nitrogen and oxygen atoms in total. The van der Waals surface area contributed by atoms with E-state index in [2.05, 4.69) is 22.2 Å². The Bertz CT molecular complexity index is 1000. The topological polar surface area (TPSA) is 70.2 Å². The van der Waals surface area contributed by atoms with Crippen LogP contribution in [0.2, 0.25) is 0 Å². The van der Waals surface area contributed by atoms with E-state index in [9.17, 15) is 4.79 Å². The van der Waals surface area contributed by atoms with E-state index in [-0.39, 0.29) is 30.4 Å². The fourth-order valence-corrected chi connectivity index (χ4v) is 4.26. The van der Waals surface area contributed by atoms with Gasteiger partial charge in [0.2, 0.25) is 0 Å². The monoisotopic (exact) mass is 412 g/mol. The minimum Gasteiger partial charge on any atom is -0.493 e. The summed E-state index contributed by atoms with van der Waals surface area (Å²) in [5.74, 6) is 1.87. The summed E-state index contributed by atoms with van der Waals surface area (Å²) in [5, 5.41) is 3.23. The van der Waals surface area contributed by atoms with Gasteiger partial charge in [-0.15, -0.1) is 12.4 Å². The Morgan fingerprint density at radius 3 is 3.00 bits per heavy atom. The molecule has 5 rings (SSSR count). The van der Waals surface area contributed by atoms with Crippen molar-refractivity contribution in [2.24, 2.45) is 0 Å². The number of likely N-dealkylation sites (tertiary alicyclic amines) is 1. The number of aromatic nitrogens is 2. The Morgan fingerprint density at radius 2 is 2.14 bits per heavy atom. The van der Waals surface area contributed by atoms with Crippen LogP contribution in [0.25, 0.3) is 11.0 Å². The van der Waals surface area contributed by atoms with Crippen LogP contribution < -0.4 is 10.1 Å². The normalized spacial score (nSPS) is 21.3. The lowest BCUT2D eigenvalue weighted by Gasteiger charge is -2.36. The molecule has 29 heavy (non-hydrogen) atoms. The molecule has 0 spiro atoms. The number of benzene rings is 2. The Balaban J connectivity index is 0.00000205. The molecule has 1 saturated heterocycles. The summed E-state index contributed by atoms with van der Waals surface area (Å²) in [6, 6.07) is 14.1. The van der Waals surface area contributed by atoms with Gasteiger partial charge in [0.1, 0.15) is 11.6 Å². The molecule has 0 unspecified atom stereocenters. The van der Waals surface area contributed by atoms with Crippen LogP contribution in [0.3, 0.4) is 0 Å². The standard InChI is InChI=1S/C22H24N4O2.ClH/c1-26-10-8-16(13-19(26)21-24-17-4-2-3-5-18(17)25-21)23-22(27)15-6-7-20-14(12-15)9-11-28-20;/h2-7,12,16,19H,8-11,13H2,1H3,(H,23,27)(H,24,25);1H/t16-,19-;/m1./s1. The number of hydrogen-bond donors (Lipinski definition) is 2. The Hall–Kier alpha value is -2.57. The Morgan fingerprint density at radius 1 is 1.28 bits per heavy atom. The van der Waals surface area contributed by atoms with Gasteiger partial charge in [-0.1, -0.05) is 12.1 Å². The lowest BCUT2D eigenvalue weighted by Crippen LogP contribution is -2.45. The molecule has 0 saturated carbocycles. The quantitative estimate of drug-likeness (QED) is 0.690. The smallest absolute Gasteiger partial charge is 0.251 e. The number of aromatic amines is 1. The first-order valence-corrected chi connectivity index (χ1v) is 9.89. The fourth-order valence-electron chi connectivity index (χ4n) is 4.26. The van der Waals surface area contributed by atoms with Crippen molar-refractivity contribution >= 4 is 29.3 Å². The molecule has 0 aliphatic carbocycles. The second kappa shape index (κ2) is 8.05. The van der Waals surface area contributed by atoms with E-state index in [0.29, 0.717) is 12.2 Å². The van der Waals surface area contributed by atoms with Gasteiger partial charge in [-0.2, -0.15) is 0 Å². The second-order valence-electron chi connectivity index (χ2n) is 7.75. The van der Waals surface area contributed by atoms with Crippen molar-refractivity contribution in [1.82, 2.24) is 20.2 Å². The third-order valence-corrected chi connectivity index (χ3v) is 5.88. The van der Waals surface area contributed by atoms with Gasteiger partial charge in [0.25, 0.3) is 5.91 Å². The Kier molecular flexibility index (Phi) is 5.48. The first kappa shape index (κ1) is 19.7. The molecule has 3 heterocycles. The van der Waals surface area contributed by atoms with E-state index in [1.54, 1.807) is 0 Å². The molecule has 152 valence electrons. The van der Waals surface area contributed by atoms with Gasteiger partial charge in [-0.3, -0.25) is 9.69 Å². The molecule has 2 aliphatic heterocycles. The molecule has 1 fully saturated rings. The van der Waals surface area contributed by atoms with Gasteiger partial charge in [0, 0.05) is 24.6 Å². The van der Waals surface area contributed by atoms with Crippen molar-refractivity contribution in [3.63, 3.8) is 0 Å². The number of carbonyl (C=O) groups is 1. The molecule has 2 N–H and O–H groups in total. The lowest BCUT2D eigenvalue weighted by atomic mass is 9.96. The van der Waals surface area contributed by atoms with Crippen molar-refractivity contribution in [2.75, 3.05) is 20.2 Å². The molecule has 2 aliphatic rings. The highest BCUT2D eigenvalue weighted by atomic mass is 35.5. The number of amides is 1. The van der Waals surface area contributed by atoms with Crippen LogP contribution in [-0.4, -0.2) is 47.0 Å². The van der Waals surface area contributed by atoms with E-state index in [4.69, 9.17) is 9.72 Å². The van der Waals surface area contributed by atoms with Crippen molar-refractivity contribution < 1.29 is 9.53 Å². The van der Waals surface area contributed by atoms with Crippen LogP contribution in [0.5, 0.6) is 5.75 Å². The van der Waals surface area contributed by atoms with Gasteiger partial charge in [-0.25, -0.2) is 4.98 Å². The summed E-state index contributed by atoms with van der Waals surface area (Å²) >= 11 is 0. The number of nitrogens with zero attached hydrogens (tertiary/aromatic N) is 2. The minimum absolute atomic E-state index is 0. The molecule has 2 aromatic carbocycles. The van der Waals surface area contributed by atoms with Crippen molar-refractivity contribution in [2.45, 2.75) is 31.3 Å². The molecule has 2 atom stereocenters. The Labute approximate surface area is 176 Å². The minimum atomic E-state index is -0.00684. The number of fused-ring (bicyclic) bond motifs is 2. The van der Waals surface area contributed by atoms with Gasteiger partial charge in [0.05, 0.1) is 23.7 Å². The zero-order chi connectivity index (χ0) is 19.1. The fraction of sp³-hybridized carbons (Fsp3) is 0.364. The van der Waals surface area contributed by atoms with E-state index in [1.807, 2.05) is 42.5 Å². The van der Waals surface area contributed by atoms with E-state index < -0.39 is 0 Å². The number of ether oxygens (including phenoxy) is 1. The maximum Gasteiger partial charge on any atom is 0.251 e. The van der Waals surface area contributed by atoms with Gasteiger partial charge >= 0.3 is 0 Å². The van der Waals surface area contributed by atoms with Crippen LogP contribution in [0.1, 0.15) is 40.6 Å². The molecule has 3 aromatic rings. The number of imidazole rings is 1. The van der Waals surface area contributed by atoms with Crippen molar-refractivity contribution in [3.8, 4) is 5.75 Å². The lowest BCUT2D eigenvalue weighted by molar-refractivity contribution is 0.0884. The molecule has 7 heteroatoms. The van der Waals surface area contributed by atoms with Crippen LogP contribution >= 0.6 is 12.4 Å². The highest BCUT2D eigenvalue weighted by molar-refractivity contribution is 5.94. The highest BCUT2D eigenvalue weighted by Gasteiger charge is 2.30. The van der Waals surface area contributed by atoms with Gasteiger partial charge in [0.15, 0.2) is 0 Å². The van der Waals surface area contributed by atoms with Crippen molar-refractivity contribution in [1.29, 1.82) is 0 Å². The zero-order valence-corrected chi connectivity index (χ0v) is 17.2. The molecule has 0 radical (unpaired) electrons. The van der Waals surface area contributed by atoms with Crippen LogP contribution in [-0.2, 0) is 6.42 Å². The molecular weight excluding hydrogens is 388 g/mol. The summed E-state index contributed by atoms with van der Waals surface area (Å²) in [5.41, 5.74) is 3.87. The number of carbonyl (C=O) groups excluding carboxylic acids is 1. The third kappa shape index (κ3) is 3.82. The third-order valence-electron chi connectivity index (χ3n) is 5.88. The van der Waals surface area contributed by atoms with E-state index in [0.717, 1.165) is 54.0 Å². The molecular formula is C22H25ClN4O2.